The largest absolute Gasteiger partial charge is 0.273 e. The first-order valence-electron chi connectivity index (χ1n) is 9.71. The fourth-order valence-corrected chi connectivity index (χ4v) is 4.14. The lowest BCUT2D eigenvalue weighted by Crippen LogP contribution is -2.49. The second-order valence-corrected chi connectivity index (χ2v) is 7.81. The number of hydrogen-bond acceptors (Lipinski definition) is 5. The quantitative estimate of drug-likeness (QED) is 0.305. The summed E-state index contributed by atoms with van der Waals surface area (Å²) in [5.41, 5.74) is 0.270. The van der Waals surface area contributed by atoms with Gasteiger partial charge in [-0.3, -0.25) is 24.5 Å². The molecule has 0 aromatic heterocycles. The van der Waals surface area contributed by atoms with Gasteiger partial charge in [0.15, 0.2) is 0 Å². The van der Waals surface area contributed by atoms with Crippen LogP contribution in [0.1, 0.15) is 28.8 Å². The van der Waals surface area contributed by atoms with Crippen molar-refractivity contribution in [2.24, 2.45) is 11.8 Å². The highest BCUT2D eigenvalue weighted by Crippen LogP contribution is 2.37. The first kappa shape index (κ1) is 20.7. The van der Waals surface area contributed by atoms with Crippen molar-refractivity contribution in [2.75, 3.05) is 0 Å². The Morgan fingerprint density at radius 2 is 1.71 bits per heavy atom. The number of hydrazine groups is 1. The molecule has 31 heavy (non-hydrogen) atoms. The number of non-ortho nitro benzene ring substituents is 1. The highest BCUT2D eigenvalue weighted by molar-refractivity contribution is 6.31. The number of hydrogen-bond donors (Lipinski definition) is 0. The van der Waals surface area contributed by atoms with Crippen molar-refractivity contribution in [1.82, 2.24) is 10.0 Å². The summed E-state index contributed by atoms with van der Waals surface area (Å²) in [6, 6.07) is 12.0. The van der Waals surface area contributed by atoms with Gasteiger partial charge < -0.3 is 0 Å². The van der Waals surface area contributed by atoms with Gasteiger partial charge in [0, 0.05) is 22.7 Å². The van der Waals surface area contributed by atoms with Crippen LogP contribution in [0.15, 0.2) is 60.7 Å². The van der Waals surface area contributed by atoms with Crippen molar-refractivity contribution in [3.8, 4) is 0 Å². The van der Waals surface area contributed by atoms with Gasteiger partial charge in [0.25, 0.3) is 23.4 Å². The molecule has 0 radical (unpaired) electrons. The highest BCUT2D eigenvalue weighted by Gasteiger charge is 2.50. The van der Waals surface area contributed by atoms with Crippen LogP contribution in [0.3, 0.4) is 0 Å². The van der Waals surface area contributed by atoms with Crippen LogP contribution in [0.25, 0.3) is 0 Å². The lowest BCUT2D eigenvalue weighted by atomic mass is 9.85. The Morgan fingerprint density at radius 3 is 2.32 bits per heavy atom. The zero-order valence-corrected chi connectivity index (χ0v) is 17.1. The van der Waals surface area contributed by atoms with E-state index in [2.05, 4.69) is 0 Å². The summed E-state index contributed by atoms with van der Waals surface area (Å²) in [6.45, 7) is -0.133. The number of fused-ring (bicyclic) bond motifs is 1. The summed E-state index contributed by atoms with van der Waals surface area (Å²) in [5.74, 6) is -2.65. The maximum atomic E-state index is 13.4. The predicted molar refractivity (Wildman–Crippen MR) is 112 cm³/mol. The summed E-state index contributed by atoms with van der Waals surface area (Å²) >= 11 is 6.26. The summed E-state index contributed by atoms with van der Waals surface area (Å²) < 4.78 is 0. The molecule has 9 heteroatoms. The van der Waals surface area contributed by atoms with Crippen LogP contribution in [-0.2, 0) is 16.1 Å². The van der Waals surface area contributed by atoms with Gasteiger partial charge in [0.1, 0.15) is 0 Å². The Kier molecular flexibility index (Phi) is 5.56. The van der Waals surface area contributed by atoms with E-state index in [0.717, 1.165) is 16.1 Å². The van der Waals surface area contributed by atoms with Crippen LogP contribution >= 0.6 is 11.6 Å². The van der Waals surface area contributed by atoms with Gasteiger partial charge in [-0.15, -0.1) is 0 Å². The third-order valence-corrected chi connectivity index (χ3v) is 5.91. The molecule has 4 rings (SSSR count). The van der Waals surface area contributed by atoms with Crippen LogP contribution in [0.2, 0.25) is 5.02 Å². The topological polar surface area (TPSA) is 101 Å². The van der Waals surface area contributed by atoms with E-state index in [-0.39, 0.29) is 17.8 Å². The highest BCUT2D eigenvalue weighted by atomic mass is 35.5. The van der Waals surface area contributed by atoms with Crippen molar-refractivity contribution < 1.29 is 19.3 Å². The van der Waals surface area contributed by atoms with Gasteiger partial charge >= 0.3 is 0 Å². The van der Waals surface area contributed by atoms with Gasteiger partial charge in [-0.1, -0.05) is 48.0 Å². The SMILES string of the molecule is O=C(c1cccc([N+](=O)[O-])c1)N(Cc1ccccc1Cl)N1C(=O)[C@H]2CC=CC[C@@H]2C1=O. The minimum atomic E-state index is -0.697. The van der Waals surface area contributed by atoms with Crippen molar-refractivity contribution in [3.05, 3.63) is 86.9 Å². The van der Waals surface area contributed by atoms with Gasteiger partial charge in [0.05, 0.1) is 23.3 Å². The van der Waals surface area contributed by atoms with Crippen molar-refractivity contribution in [3.63, 3.8) is 0 Å². The van der Waals surface area contributed by atoms with Crippen LogP contribution < -0.4 is 0 Å². The zero-order valence-electron chi connectivity index (χ0n) is 16.3. The molecular formula is C22H18ClN3O5. The van der Waals surface area contributed by atoms with E-state index in [0.29, 0.717) is 23.4 Å². The summed E-state index contributed by atoms with van der Waals surface area (Å²) in [4.78, 5) is 50.2. The second kappa shape index (κ2) is 8.31. The molecule has 2 aromatic rings. The van der Waals surface area contributed by atoms with E-state index < -0.39 is 34.5 Å². The number of imide groups is 1. The average molecular weight is 440 g/mol. The third kappa shape index (κ3) is 3.82. The molecule has 158 valence electrons. The number of amides is 3. The first-order chi connectivity index (χ1) is 14.9. The van der Waals surface area contributed by atoms with Gasteiger partial charge in [-0.05, 0) is 30.5 Å². The molecule has 3 amide bonds. The summed E-state index contributed by atoms with van der Waals surface area (Å²) in [5, 5.41) is 13.5. The van der Waals surface area contributed by atoms with Crippen molar-refractivity contribution >= 4 is 35.0 Å². The van der Waals surface area contributed by atoms with E-state index in [1.54, 1.807) is 24.3 Å². The number of allylic oxidation sites excluding steroid dienone is 2. The number of nitrogens with zero attached hydrogens (tertiary/aromatic N) is 3. The molecule has 0 bridgehead atoms. The molecule has 0 N–H and O–H groups in total. The molecule has 2 aromatic carbocycles. The lowest BCUT2D eigenvalue weighted by molar-refractivity contribution is -0.384. The van der Waals surface area contributed by atoms with E-state index in [1.165, 1.54) is 18.2 Å². The van der Waals surface area contributed by atoms with E-state index in [9.17, 15) is 24.5 Å². The van der Waals surface area contributed by atoms with E-state index >= 15 is 0 Å². The fourth-order valence-electron chi connectivity index (χ4n) is 3.94. The fraction of sp³-hybridized carbons (Fsp3) is 0.227. The minimum absolute atomic E-state index is 0.00477. The summed E-state index contributed by atoms with van der Waals surface area (Å²) in [7, 11) is 0. The molecule has 1 saturated heterocycles. The van der Waals surface area contributed by atoms with Crippen molar-refractivity contribution in [1.29, 1.82) is 0 Å². The van der Waals surface area contributed by atoms with Crippen LogP contribution in [0.4, 0.5) is 5.69 Å². The van der Waals surface area contributed by atoms with Gasteiger partial charge in [0.2, 0.25) is 0 Å². The normalized spacial score (nSPS) is 20.0. The molecule has 1 fully saturated rings. The van der Waals surface area contributed by atoms with Gasteiger partial charge in [-0.2, -0.15) is 5.01 Å². The molecule has 0 unspecified atom stereocenters. The van der Waals surface area contributed by atoms with E-state index in [4.69, 9.17) is 11.6 Å². The number of carbonyl (C=O) groups excluding carboxylic acids is 3. The monoisotopic (exact) mass is 439 g/mol. The Morgan fingerprint density at radius 1 is 1.06 bits per heavy atom. The molecule has 1 aliphatic carbocycles. The van der Waals surface area contributed by atoms with Crippen LogP contribution in [-0.4, -0.2) is 32.7 Å². The molecule has 2 aliphatic rings. The lowest BCUT2D eigenvalue weighted by Gasteiger charge is -2.31. The molecule has 1 heterocycles. The Hall–Kier alpha value is -3.52. The Labute approximate surface area is 182 Å². The molecular weight excluding hydrogens is 422 g/mol. The average Bonchev–Trinajstić information content (AvgIpc) is 3.03. The molecule has 0 spiro atoms. The number of benzene rings is 2. The summed E-state index contributed by atoms with van der Waals surface area (Å²) in [6.07, 6.45) is 4.57. The van der Waals surface area contributed by atoms with E-state index in [1.807, 2.05) is 12.2 Å². The number of rotatable bonds is 5. The molecule has 2 atom stereocenters. The number of carbonyl (C=O) groups is 3. The zero-order chi connectivity index (χ0) is 22.1. The molecule has 1 aliphatic heterocycles. The smallest absolute Gasteiger partial charge is 0.272 e. The maximum Gasteiger partial charge on any atom is 0.273 e. The standard InChI is InChI=1S/C22H18ClN3O5/c23-19-11-4-1-6-15(19)13-24(20(27)14-7-5-8-16(12-14)26(30)31)25-21(28)17-9-2-3-10-18(17)22(25)29/h1-8,11-12,17-18H,9-10,13H2/t17-,18-/m0/s1. The molecule has 0 saturated carbocycles. The maximum absolute atomic E-state index is 13.4. The van der Waals surface area contributed by atoms with Gasteiger partial charge in [-0.25, -0.2) is 5.01 Å². The number of halogens is 1. The minimum Gasteiger partial charge on any atom is -0.272 e. The Balaban J connectivity index is 1.75. The van der Waals surface area contributed by atoms with Crippen molar-refractivity contribution in [2.45, 2.75) is 19.4 Å². The molecule has 8 nitrogen and oxygen atoms in total. The van der Waals surface area contributed by atoms with Crippen LogP contribution in [0, 0.1) is 22.0 Å². The van der Waals surface area contributed by atoms with Crippen LogP contribution in [0.5, 0.6) is 0 Å². The predicted octanol–water partition coefficient (Wildman–Crippen LogP) is 3.76. The number of nitro groups is 1. The Bertz CT molecular complexity index is 1090. The second-order valence-electron chi connectivity index (χ2n) is 7.41. The first-order valence-corrected chi connectivity index (χ1v) is 10.1. The third-order valence-electron chi connectivity index (χ3n) is 5.54. The number of nitro benzene ring substituents is 1.